The summed E-state index contributed by atoms with van der Waals surface area (Å²) in [6, 6.07) is 12.7. The van der Waals surface area contributed by atoms with Gasteiger partial charge in [-0.15, -0.1) is 0 Å². The Hall–Kier alpha value is -3.22. The number of nitro groups is 1. The standard InChI is InChI=1S/C18H16N2O5/c1-12-10-14-4-2-3-5-16(14)19(12)17(21)11-25-18(22)13-6-8-15(9-7-13)20(23)24/h2-9,12H,10-11H2,1H3/t12-/m1/s1. The molecule has 128 valence electrons. The van der Waals surface area contributed by atoms with Crippen molar-refractivity contribution in [2.45, 2.75) is 19.4 Å². The van der Waals surface area contributed by atoms with Crippen LogP contribution in [0.3, 0.4) is 0 Å². The highest BCUT2D eigenvalue weighted by Crippen LogP contribution is 2.31. The van der Waals surface area contributed by atoms with Crippen LogP contribution in [0.2, 0.25) is 0 Å². The van der Waals surface area contributed by atoms with Crippen LogP contribution in [0, 0.1) is 10.1 Å². The number of non-ortho nitro benzene ring substituents is 1. The lowest BCUT2D eigenvalue weighted by Gasteiger charge is -2.22. The molecule has 0 spiro atoms. The molecular formula is C18H16N2O5. The van der Waals surface area contributed by atoms with Gasteiger partial charge in [0.1, 0.15) is 0 Å². The van der Waals surface area contributed by atoms with Crippen molar-refractivity contribution < 1.29 is 19.2 Å². The predicted octanol–water partition coefficient (Wildman–Crippen LogP) is 2.73. The monoisotopic (exact) mass is 340 g/mol. The number of nitro benzene ring substituents is 1. The van der Waals surface area contributed by atoms with Crippen LogP contribution in [-0.2, 0) is 16.0 Å². The van der Waals surface area contributed by atoms with Crippen molar-refractivity contribution in [3.63, 3.8) is 0 Å². The minimum atomic E-state index is -0.691. The van der Waals surface area contributed by atoms with Crippen LogP contribution in [0.4, 0.5) is 11.4 Å². The summed E-state index contributed by atoms with van der Waals surface area (Å²) in [6.07, 6.45) is 0.762. The Morgan fingerprint density at radius 1 is 1.20 bits per heavy atom. The zero-order valence-electron chi connectivity index (χ0n) is 13.5. The summed E-state index contributed by atoms with van der Waals surface area (Å²) in [5, 5.41) is 10.6. The lowest BCUT2D eigenvalue weighted by Crippen LogP contribution is -2.38. The molecule has 0 aliphatic carbocycles. The number of benzene rings is 2. The molecule has 0 aromatic heterocycles. The molecule has 0 saturated carbocycles. The average Bonchev–Trinajstić information content (AvgIpc) is 2.95. The van der Waals surface area contributed by atoms with E-state index in [9.17, 15) is 19.7 Å². The first-order valence-electron chi connectivity index (χ1n) is 7.79. The lowest BCUT2D eigenvalue weighted by molar-refractivity contribution is -0.384. The molecule has 1 amide bonds. The van der Waals surface area contributed by atoms with Crippen molar-refractivity contribution >= 4 is 23.3 Å². The van der Waals surface area contributed by atoms with Crippen molar-refractivity contribution in [1.29, 1.82) is 0 Å². The molecule has 0 unspecified atom stereocenters. The highest BCUT2D eigenvalue weighted by atomic mass is 16.6. The smallest absolute Gasteiger partial charge is 0.338 e. The van der Waals surface area contributed by atoms with Crippen molar-refractivity contribution in [3.05, 3.63) is 69.8 Å². The fourth-order valence-electron chi connectivity index (χ4n) is 2.94. The van der Waals surface area contributed by atoms with Gasteiger partial charge >= 0.3 is 5.97 Å². The molecular weight excluding hydrogens is 324 g/mol. The van der Waals surface area contributed by atoms with Crippen molar-refractivity contribution in [3.8, 4) is 0 Å². The maximum absolute atomic E-state index is 12.5. The van der Waals surface area contributed by atoms with Gasteiger partial charge in [0.05, 0.1) is 10.5 Å². The van der Waals surface area contributed by atoms with Gasteiger partial charge in [0.2, 0.25) is 0 Å². The van der Waals surface area contributed by atoms with Crippen LogP contribution in [-0.4, -0.2) is 29.4 Å². The van der Waals surface area contributed by atoms with E-state index in [4.69, 9.17) is 4.74 Å². The quantitative estimate of drug-likeness (QED) is 0.485. The maximum Gasteiger partial charge on any atom is 0.338 e. The topological polar surface area (TPSA) is 89.8 Å². The number of hydrogen-bond acceptors (Lipinski definition) is 5. The Bertz CT molecular complexity index is 832. The number of carbonyl (C=O) groups excluding carboxylic acids is 2. The second-order valence-corrected chi connectivity index (χ2v) is 5.83. The fraction of sp³-hybridized carbons (Fsp3) is 0.222. The van der Waals surface area contributed by atoms with E-state index in [1.54, 1.807) is 4.90 Å². The number of hydrogen-bond donors (Lipinski definition) is 0. The van der Waals surface area contributed by atoms with Crippen molar-refractivity contribution in [2.24, 2.45) is 0 Å². The molecule has 2 aromatic carbocycles. The predicted molar refractivity (Wildman–Crippen MR) is 90.5 cm³/mol. The number of para-hydroxylation sites is 1. The highest BCUT2D eigenvalue weighted by molar-refractivity contribution is 5.99. The van der Waals surface area contributed by atoms with Crippen LogP contribution in [0.1, 0.15) is 22.8 Å². The number of fused-ring (bicyclic) bond motifs is 1. The molecule has 1 atom stereocenters. The van der Waals surface area contributed by atoms with Gasteiger partial charge in [0.25, 0.3) is 11.6 Å². The van der Waals surface area contributed by atoms with Gasteiger partial charge in [-0.3, -0.25) is 14.9 Å². The van der Waals surface area contributed by atoms with Crippen LogP contribution in [0.15, 0.2) is 48.5 Å². The normalized spacial score (nSPS) is 15.6. The van der Waals surface area contributed by atoms with Crippen molar-refractivity contribution in [2.75, 3.05) is 11.5 Å². The van der Waals surface area contributed by atoms with Gasteiger partial charge in [0.15, 0.2) is 6.61 Å². The molecule has 0 N–H and O–H groups in total. The van der Waals surface area contributed by atoms with Crippen LogP contribution in [0.5, 0.6) is 0 Å². The molecule has 7 nitrogen and oxygen atoms in total. The Morgan fingerprint density at radius 3 is 2.56 bits per heavy atom. The Morgan fingerprint density at radius 2 is 1.88 bits per heavy atom. The third-order valence-corrected chi connectivity index (χ3v) is 4.12. The molecule has 0 bridgehead atoms. The van der Waals surface area contributed by atoms with Gasteiger partial charge in [-0.1, -0.05) is 18.2 Å². The van der Waals surface area contributed by atoms with E-state index in [0.717, 1.165) is 17.7 Å². The lowest BCUT2D eigenvalue weighted by atomic mass is 10.1. The van der Waals surface area contributed by atoms with Gasteiger partial charge in [0, 0.05) is 23.9 Å². The van der Waals surface area contributed by atoms with Gasteiger partial charge in [-0.05, 0) is 37.1 Å². The zero-order valence-corrected chi connectivity index (χ0v) is 13.5. The SMILES string of the molecule is C[C@@H]1Cc2ccccc2N1C(=O)COC(=O)c1ccc([N+](=O)[O-])cc1. The molecule has 1 heterocycles. The Balaban J connectivity index is 1.64. The second-order valence-electron chi connectivity index (χ2n) is 5.83. The number of carbonyl (C=O) groups is 2. The van der Waals surface area contributed by atoms with Crippen molar-refractivity contribution in [1.82, 2.24) is 0 Å². The van der Waals surface area contributed by atoms with Gasteiger partial charge in [-0.25, -0.2) is 4.79 Å². The van der Waals surface area contributed by atoms with Gasteiger partial charge < -0.3 is 9.64 Å². The Labute approximate surface area is 144 Å². The second kappa shape index (κ2) is 6.72. The highest BCUT2D eigenvalue weighted by Gasteiger charge is 2.31. The van der Waals surface area contributed by atoms with E-state index >= 15 is 0 Å². The summed E-state index contributed by atoms with van der Waals surface area (Å²) in [7, 11) is 0. The molecule has 7 heteroatoms. The number of anilines is 1. The van der Waals surface area contributed by atoms with E-state index in [1.165, 1.54) is 24.3 Å². The minimum Gasteiger partial charge on any atom is -0.452 e. The molecule has 3 rings (SSSR count). The summed E-state index contributed by atoms with van der Waals surface area (Å²) in [6.45, 7) is 1.56. The van der Waals surface area contributed by atoms with E-state index in [0.29, 0.717) is 0 Å². The first-order chi connectivity index (χ1) is 12.0. The number of rotatable bonds is 4. The number of amides is 1. The van der Waals surface area contributed by atoms with Crippen LogP contribution in [0.25, 0.3) is 0 Å². The maximum atomic E-state index is 12.5. The molecule has 0 radical (unpaired) electrons. The largest absolute Gasteiger partial charge is 0.452 e. The fourth-order valence-corrected chi connectivity index (χ4v) is 2.94. The number of ether oxygens (including phenoxy) is 1. The Kier molecular flexibility index (Phi) is 4.47. The average molecular weight is 340 g/mol. The van der Waals surface area contributed by atoms with E-state index < -0.39 is 10.9 Å². The summed E-state index contributed by atoms with van der Waals surface area (Å²) in [5.41, 5.74) is 1.97. The van der Waals surface area contributed by atoms with Crippen LogP contribution >= 0.6 is 0 Å². The molecule has 1 aliphatic heterocycles. The summed E-state index contributed by atoms with van der Waals surface area (Å²) in [4.78, 5) is 36.2. The summed E-state index contributed by atoms with van der Waals surface area (Å²) < 4.78 is 5.07. The van der Waals surface area contributed by atoms with Gasteiger partial charge in [-0.2, -0.15) is 0 Å². The molecule has 2 aromatic rings. The summed E-state index contributed by atoms with van der Waals surface area (Å²) >= 11 is 0. The number of nitrogens with zero attached hydrogens (tertiary/aromatic N) is 2. The zero-order chi connectivity index (χ0) is 18.0. The third-order valence-electron chi connectivity index (χ3n) is 4.12. The third kappa shape index (κ3) is 3.35. The molecule has 0 saturated heterocycles. The molecule has 25 heavy (non-hydrogen) atoms. The van der Waals surface area contributed by atoms with E-state index in [2.05, 4.69) is 0 Å². The number of esters is 1. The first kappa shape index (κ1) is 16.6. The minimum absolute atomic E-state index is 0.00276. The molecule has 1 aliphatic rings. The molecule has 0 fully saturated rings. The van der Waals surface area contributed by atoms with Crippen LogP contribution < -0.4 is 4.90 Å². The van der Waals surface area contributed by atoms with E-state index in [-0.39, 0.29) is 29.8 Å². The van der Waals surface area contributed by atoms with E-state index in [1.807, 2.05) is 31.2 Å². The first-order valence-corrected chi connectivity index (χ1v) is 7.79. The summed E-state index contributed by atoms with van der Waals surface area (Å²) in [5.74, 6) is -0.990.